The van der Waals surface area contributed by atoms with E-state index in [1.165, 1.54) is 24.2 Å². The monoisotopic (exact) mass is 263 g/mol. The number of hydrogen-bond donors (Lipinski definition) is 1. The zero-order chi connectivity index (χ0) is 14.1. The first-order valence-corrected chi connectivity index (χ1v) is 7.51. The van der Waals surface area contributed by atoms with Crippen LogP contribution in [-0.4, -0.2) is 37.6 Å². The third-order valence-electron chi connectivity index (χ3n) is 3.72. The molecule has 1 aromatic carbocycles. The minimum atomic E-state index is 0.619. The number of rotatable bonds is 9. The highest BCUT2D eigenvalue weighted by Gasteiger charge is 2.05. The van der Waals surface area contributed by atoms with Crippen molar-refractivity contribution in [3.05, 3.63) is 29.8 Å². The number of benzene rings is 1. The Morgan fingerprint density at radius 3 is 2.00 bits per heavy atom. The van der Waals surface area contributed by atoms with Crippen LogP contribution >= 0.6 is 0 Å². The SMILES string of the molecule is CCN(CC)CCCN(CC)c1ccc(CN)cc1. The molecular weight excluding hydrogens is 234 g/mol. The fourth-order valence-electron chi connectivity index (χ4n) is 2.34. The van der Waals surface area contributed by atoms with Gasteiger partial charge in [-0.2, -0.15) is 0 Å². The van der Waals surface area contributed by atoms with Crippen molar-refractivity contribution in [1.29, 1.82) is 0 Å². The van der Waals surface area contributed by atoms with E-state index in [9.17, 15) is 0 Å². The van der Waals surface area contributed by atoms with Crippen LogP contribution in [0.25, 0.3) is 0 Å². The van der Waals surface area contributed by atoms with Crippen molar-refractivity contribution in [3.63, 3.8) is 0 Å². The van der Waals surface area contributed by atoms with E-state index in [0.717, 1.165) is 26.2 Å². The van der Waals surface area contributed by atoms with E-state index in [1.54, 1.807) is 0 Å². The summed E-state index contributed by atoms with van der Waals surface area (Å²) in [5.74, 6) is 0. The zero-order valence-electron chi connectivity index (χ0n) is 12.7. The minimum Gasteiger partial charge on any atom is -0.372 e. The third kappa shape index (κ3) is 5.21. The van der Waals surface area contributed by atoms with Crippen LogP contribution in [0.2, 0.25) is 0 Å². The van der Waals surface area contributed by atoms with Crippen molar-refractivity contribution >= 4 is 5.69 Å². The molecular formula is C16H29N3. The predicted molar refractivity (Wildman–Crippen MR) is 84.6 cm³/mol. The summed E-state index contributed by atoms with van der Waals surface area (Å²) in [5.41, 5.74) is 8.14. The number of nitrogens with zero attached hydrogens (tertiary/aromatic N) is 2. The van der Waals surface area contributed by atoms with Gasteiger partial charge in [0.05, 0.1) is 0 Å². The minimum absolute atomic E-state index is 0.619. The lowest BCUT2D eigenvalue weighted by molar-refractivity contribution is 0.301. The van der Waals surface area contributed by atoms with Gasteiger partial charge >= 0.3 is 0 Å². The van der Waals surface area contributed by atoms with E-state index in [4.69, 9.17) is 5.73 Å². The van der Waals surface area contributed by atoms with Crippen LogP contribution in [-0.2, 0) is 6.54 Å². The highest BCUT2D eigenvalue weighted by molar-refractivity contribution is 5.47. The predicted octanol–water partition coefficient (Wildman–Crippen LogP) is 2.70. The fourth-order valence-corrected chi connectivity index (χ4v) is 2.34. The molecule has 3 heteroatoms. The van der Waals surface area contributed by atoms with E-state index in [1.807, 2.05) is 0 Å². The van der Waals surface area contributed by atoms with Crippen LogP contribution in [0, 0.1) is 0 Å². The first-order chi connectivity index (χ1) is 9.24. The van der Waals surface area contributed by atoms with Crippen LogP contribution in [0.5, 0.6) is 0 Å². The Labute approximate surface area is 118 Å². The molecule has 0 amide bonds. The van der Waals surface area contributed by atoms with Crippen LogP contribution in [0.1, 0.15) is 32.8 Å². The van der Waals surface area contributed by atoms with Gasteiger partial charge in [0.2, 0.25) is 0 Å². The maximum atomic E-state index is 5.63. The molecule has 0 heterocycles. The molecule has 0 unspecified atom stereocenters. The molecule has 1 aromatic rings. The van der Waals surface area contributed by atoms with Gasteiger partial charge in [-0.25, -0.2) is 0 Å². The van der Waals surface area contributed by atoms with Crippen molar-refractivity contribution in [3.8, 4) is 0 Å². The molecule has 2 N–H and O–H groups in total. The van der Waals surface area contributed by atoms with Gasteiger partial charge in [-0.3, -0.25) is 0 Å². The van der Waals surface area contributed by atoms with Crippen molar-refractivity contribution in [2.24, 2.45) is 5.73 Å². The molecule has 0 spiro atoms. The van der Waals surface area contributed by atoms with Crippen LogP contribution < -0.4 is 10.6 Å². The molecule has 0 aliphatic rings. The van der Waals surface area contributed by atoms with Crippen molar-refractivity contribution in [1.82, 2.24) is 4.90 Å². The zero-order valence-corrected chi connectivity index (χ0v) is 12.7. The molecule has 0 aromatic heterocycles. The Morgan fingerprint density at radius 1 is 0.895 bits per heavy atom. The normalized spacial score (nSPS) is 11.0. The molecule has 19 heavy (non-hydrogen) atoms. The maximum Gasteiger partial charge on any atom is 0.0366 e. The first kappa shape index (κ1) is 16.0. The molecule has 0 saturated carbocycles. The Balaban J connectivity index is 2.48. The fraction of sp³-hybridized carbons (Fsp3) is 0.625. The van der Waals surface area contributed by atoms with Gasteiger partial charge in [0.25, 0.3) is 0 Å². The van der Waals surface area contributed by atoms with Crippen molar-refractivity contribution in [2.75, 3.05) is 37.6 Å². The second kappa shape index (κ2) is 8.94. The van der Waals surface area contributed by atoms with E-state index >= 15 is 0 Å². The summed E-state index contributed by atoms with van der Waals surface area (Å²) in [6, 6.07) is 8.62. The van der Waals surface area contributed by atoms with E-state index in [2.05, 4.69) is 54.8 Å². The molecule has 0 atom stereocenters. The average Bonchev–Trinajstić information content (AvgIpc) is 2.48. The van der Waals surface area contributed by atoms with E-state index < -0.39 is 0 Å². The van der Waals surface area contributed by atoms with Gasteiger partial charge in [-0.15, -0.1) is 0 Å². The van der Waals surface area contributed by atoms with Crippen LogP contribution in [0.4, 0.5) is 5.69 Å². The first-order valence-electron chi connectivity index (χ1n) is 7.51. The van der Waals surface area contributed by atoms with Crippen LogP contribution in [0.15, 0.2) is 24.3 Å². The second-order valence-electron chi connectivity index (χ2n) is 4.83. The highest BCUT2D eigenvalue weighted by atomic mass is 15.1. The van der Waals surface area contributed by atoms with Gasteiger partial charge in [0.1, 0.15) is 0 Å². The molecule has 0 bridgehead atoms. The standard InChI is InChI=1S/C16H29N3/c1-4-18(5-2)12-7-13-19(6-3)16-10-8-15(14-17)9-11-16/h8-11H,4-7,12-14,17H2,1-3H3. The topological polar surface area (TPSA) is 32.5 Å². The molecule has 0 aliphatic carbocycles. The lowest BCUT2D eigenvalue weighted by Gasteiger charge is -2.25. The van der Waals surface area contributed by atoms with Gasteiger partial charge in [-0.05, 0) is 50.7 Å². The van der Waals surface area contributed by atoms with Crippen molar-refractivity contribution < 1.29 is 0 Å². The summed E-state index contributed by atoms with van der Waals surface area (Å²) in [6.07, 6.45) is 1.22. The van der Waals surface area contributed by atoms with E-state index in [-0.39, 0.29) is 0 Å². The lowest BCUT2D eigenvalue weighted by Crippen LogP contribution is -2.29. The summed E-state index contributed by atoms with van der Waals surface area (Å²) in [5, 5.41) is 0. The maximum absolute atomic E-state index is 5.63. The number of hydrogen-bond acceptors (Lipinski definition) is 3. The molecule has 0 saturated heterocycles. The second-order valence-corrected chi connectivity index (χ2v) is 4.83. The van der Waals surface area contributed by atoms with Gasteiger partial charge in [0, 0.05) is 25.3 Å². The summed E-state index contributed by atoms with van der Waals surface area (Å²) in [4.78, 5) is 4.91. The Hall–Kier alpha value is -1.06. The molecule has 0 fully saturated rings. The van der Waals surface area contributed by atoms with Crippen LogP contribution in [0.3, 0.4) is 0 Å². The Kier molecular flexibility index (Phi) is 7.53. The molecule has 1 rings (SSSR count). The lowest BCUT2D eigenvalue weighted by atomic mass is 10.2. The summed E-state index contributed by atoms with van der Waals surface area (Å²) in [7, 11) is 0. The quantitative estimate of drug-likeness (QED) is 0.743. The average molecular weight is 263 g/mol. The molecule has 3 nitrogen and oxygen atoms in total. The molecule has 0 aliphatic heterocycles. The van der Waals surface area contributed by atoms with Crippen molar-refractivity contribution in [2.45, 2.75) is 33.7 Å². The summed E-state index contributed by atoms with van der Waals surface area (Å²) >= 11 is 0. The summed E-state index contributed by atoms with van der Waals surface area (Å²) < 4.78 is 0. The number of anilines is 1. The Bertz CT molecular complexity index is 330. The number of nitrogens with two attached hydrogens (primary N) is 1. The van der Waals surface area contributed by atoms with Gasteiger partial charge in [0.15, 0.2) is 0 Å². The largest absolute Gasteiger partial charge is 0.372 e. The molecule has 0 radical (unpaired) electrons. The van der Waals surface area contributed by atoms with E-state index in [0.29, 0.717) is 6.54 Å². The smallest absolute Gasteiger partial charge is 0.0366 e. The Morgan fingerprint density at radius 2 is 1.53 bits per heavy atom. The van der Waals surface area contributed by atoms with Gasteiger partial charge < -0.3 is 15.5 Å². The summed E-state index contributed by atoms with van der Waals surface area (Å²) in [6.45, 7) is 12.9. The third-order valence-corrected chi connectivity index (χ3v) is 3.72. The highest BCUT2D eigenvalue weighted by Crippen LogP contribution is 2.15. The molecule has 108 valence electrons. The van der Waals surface area contributed by atoms with Gasteiger partial charge in [-0.1, -0.05) is 26.0 Å².